The SMILES string of the molecule is CCC1=Cc2c(-c3ccccc3)cccc2C1C[Si]CC1C(CC)=Cc2c(-c3ccccc3)cccc21.[H-].[H-].[Li+].[Li+]. The van der Waals surface area contributed by atoms with Crippen molar-refractivity contribution in [2.45, 2.75) is 50.6 Å². The fraction of sp³-hybridized carbons (Fsp3) is 0.222. The summed E-state index contributed by atoms with van der Waals surface area (Å²) in [5.41, 5.74) is 14.6. The molecule has 39 heavy (non-hydrogen) atoms. The van der Waals surface area contributed by atoms with Crippen LogP contribution in [-0.2, 0) is 0 Å². The molecule has 186 valence electrons. The van der Waals surface area contributed by atoms with Gasteiger partial charge in [-0.25, -0.2) is 0 Å². The Morgan fingerprint density at radius 2 is 0.949 bits per heavy atom. The molecule has 2 unspecified atom stereocenters. The maximum Gasteiger partial charge on any atom is 1.00 e. The average Bonchev–Trinajstić information content (AvgIpc) is 3.51. The first kappa shape index (κ1) is 29.7. The minimum Gasteiger partial charge on any atom is -1.00 e. The van der Waals surface area contributed by atoms with Crippen molar-refractivity contribution in [3.8, 4) is 22.3 Å². The molecule has 0 bridgehead atoms. The van der Waals surface area contributed by atoms with Crippen molar-refractivity contribution in [3.63, 3.8) is 0 Å². The molecular formula is C36H36Li2Si. The topological polar surface area (TPSA) is 0 Å². The van der Waals surface area contributed by atoms with Gasteiger partial charge in [0.05, 0.1) is 0 Å². The minimum atomic E-state index is 0. The van der Waals surface area contributed by atoms with Crippen LogP contribution in [0.5, 0.6) is 0 Å². The van der Waals surface area contributed by atoms with Crippen molar-refractivity contribution in [3.05, 3.63) is 130 Å². The van der Waals surface area contributed by atoms with Crippen LogP contribution in [0.2, 0.25) is 12.1 Å². The Morgan fingerprint density at radius 3 is 1.33 bits per heavy atom. The smallest absolute Gasteiger partial charge is 1.00 e. The molecule has 2 aliphatic carbocycles. The van der Waals surface area contributed by atoms with E-state index in [4.69, 9.17) is 0 Å². The Hall–Kier alpha value is -2.23. The second-order valence-electron chi connectivity index (χ2n) is 10.3. The van der Waals surface area contributed by atoms with Crippen LogP contribution in [0.25, 0.3) is 34.4 Å². The van der Waals surface area contributed by atoms with Gasteiger partial charge in [-0.05, 0) is 57.3 Å². The number of rotatable bonds is 8. The average molecular weight is 511 g/mol. The molecule has 3 heteroatoms. The maximum atomic E-state index is 2.50. The molecule has 2 radical (unpaired) electrons. The van der Waals surface area contributed by atoms with E-state index in [0.717, 1.165) is 22.4 Å². The summed E-state index contributed by atoms with van der Waals surface area (Å²) in [6.45, 7) is 4.65. The van der Waals surface area contributed by atoms with E-state index in [9.17, 15) is 0 Å². The Kier molecular flexibility index (Phi) is 10.2. The minimum absolute atomic E-state index is 0. The molecule has 2 atom stereocenters. The van der Waals surface area contributed by atoms with Gasteiger partial charge in [-0.3, -0.25) is 0 Å². The van der Waals surface area contributed by atoms with Crippen molar-refractivity contribution in [1.82, 2.24) is 0 Å². The molecule has 0 aromatic heterocycles. The normalized spacial score (nSPS) is 16.9. The van der Waals surface area contributed by atoms with Crippen molar-refractivity contribution in [2.75, 3.05) is 0 Å². The van der Waals surface area contributed by atoms with E-state index in [0.29, 0.717) is 11.8 Å². The molecule has 0 fully saturated rings. The summed E-state index contributed by atoms with van der Waals surface area (Å²) < 4.78 is 0. The molecule has 0 N–H and O–H groups in total. The summed E-state index contributed by atoms with van der Waals surface area (Å²) in [7, 11) is 0.947. The van der Waals surface area contributed by atoms with Gasteiger partial charge < -0.3 is 2.85 Å². The molecule has 0 saturated heterocycles. The van der Waals surface area contributed by atoms with Gasteiger partial charge in [-0.1, -0.05) is 146 Å². The molecule has 6 rings (SSSR count). The van der Waals surface area contributed by atoms with Crippen molar-refractivity contribution in [1.29, 1.82) is 0 Å². The fourth-order valence-corrected chi connectivity index (χ4v) is 8.07. The summed E-state index contributed by atoms with van der Waals surface area (Å²) in [4.78, 5) is 0. The Labute approximate surface area is 264 Å². The van der Waals surface area contributed by atoms with Gasteiger partial charge in [0, 0.05) is 21.4 Å². The molecular weight excluding hydrogens is 474 g/mol. The fourth-order valence-electron chi connectivity index (χ4n) is 6.36. The van der Waals surface area contributed by atoms with E-state index >= 15 is 0 Å². The molecule has 0 spiro atoms. The zero-order chi connectivity index (χ0) is 25.2. The largest absolute Gasteiger partial charge is 1.00 e. The van der Waals surface area contributed by atoms with E-state index in [-0.39, 0.29) is 40.6 Å². The summed E-state index contributed by atoms with van der Waals surface area (Å²) in [5, 5.41) is 0. The van der Waals surface area contributed by atoms with Crippen LogP contribution < -0.4 is 37.7 Å². The van der Waals surface area contributed by atoms with Crippen LogP contribution >= 0.6 is 0 Å². The van der Waals surface area contributed by atoms with Crippen LogP contribution in [0, 0.1) is 0 Å². The van der Waals surface area contributed by atoms with Crippen LogP contribution in [0.4, 0.5) is 0 Å². The maximum absolute atomic E-state index is 2.50. The van der Waals surface area contributed by atoms with E-state index in [1.807, 2.05) is 0 Å². The van der Waals surface area contributed by atoms with Crippen LogP contribution in [0.1, 0.15) is 63.6 Å². The third kappa shape index (κ3) is 5.81. The summed E-state index contributed by atoms with van der Waals surface area (Å²) in [6.07, 6.45) is 7.26. The first-order chi connectivity index (χ1) is 18.3. The third-order valence-electron chi connectivity index (χ3n) is 8.27. The number of allylic oxidation sites excluding steroid dienone is 2. The summed E-state index contributed by atoms with van der Waals surface area (Å²) in [5.74, 6) is 1.13. The summed E-state index contributed by atoms with van der Waals surface area (Å²) in [6, 6.07) is 38.1. The van der Waals surface area contributed by atoms with E-state index in [1.54, 1.807) is 11.1 Å². The summed E-state index contributed by atoms with van der Waals surface area (Å²) >= 11 is 0. The van der Waals surface area contributed by atoms with Gasteiger partial charge >= 0.3 is 37.7 Å². The predicted molar refractivity (Wildman–Crippen MR) is 163 cm³/mol. The van der Waals surface area contributed by atoms with E-state index in [2.05, 4.69) is 123 Å². The van der Waals surface area contributed by atoms with E-state index in [1.165, 1.54) is 56.6 Å². The molecule has 0 saturated carbocycles. The molecule has 0 nitrogen and oxygen atoms in total. The zero-order valence-corrected chi connectivity index (χ0v) is 24.9. The third-order valence-corrected chi connectivity index (χ3v) is 9.66. The van der Waals surface area contributed by atoms with Gasteiger partial charge in [0.25, 0.3) is 0 Å². The van der Waals surface area contributed by atoms with Crippen LogP contribution in [0.15, 0.2) is 108 Å². The second-order valence-corrected chi connectivity index (χ2v) is 11.6. The van der Waals surface area contributed by atoms with Crippen LogP contribution in [0.3, 0.4) is 0 Å². The van der Waals surface area contributed by atoms with Gasteiger partial charge in [0.15, 0.2) is 0 Å². The van der Waals surface area contributed by atoms with Gasteiger partial charge in [-0.15, -0.1) is 0 Å². The Morgan fingerprint density at radius 1 is 0.538 bits per heavy atom. The molecule has 0 heterocycles. The monoisotopic (exact) mass is 510 g/mol. The Bertz CT molecular complexity index is 1370. The molecule has 0 amide bonds. The zero-order valence-electron chi connectivity index (χ0n) is 25.9. The first-order valence-electron chi connectivity index (χ1n) is 13.8. The van der Waals surface area contributed by atoms with E-state index < -0.39 is 0 Å². The molecule has 0 aliphatic heterocycles. The van der Waals surface area contributed by atoms with Gasteiger partial charge in [-0.2, -0.15) is 0 Å². The van der Waals surface area contributed by atoms with Gasteiger partial charge in [0.1, 0.15) is 0 Å². The quantitative estimate of drug-likeness (QED) is 0.311. The Balaban J connectivity index is 0.00000147. The standard InChI is InChI=1S/C36H34Si.2Li.2H/c1-3-25-21-33-29(27-13-7-5-8-14-27)17-11-19-31(33)35(25)23-37-24-36-26(4-2)22-34-30(18-12-20-32(34)36)28-15-9-6-10-16-28;;;;/h5-22,35-36H,3-4,23-24H2,1-2H3;;;;/q;2*+1;2*-1. The van der Waals surface area contributed by atoms with Crippen molar-refractivity contribution in [2.24, 2.45) is 0 Å². The van der Waals surface area contributed by atoms with Gasteiger partial charge in [0.2, 0.25) is 0 Å². The number of hydrogen-bond acceptors (Lipinski definition) is 0. The molecule has 2 aliphatic rings. The molecule has 4 aromatic carbocycles. The predicted octanol–water partition coefficient (Wildman–Crippen LogP) is 4.28. The van der Waals surface area contributed by atoms with Crippen LogP contribution in [-0.4, -0.2) is 9.52 Å². The number of fused-ring (bicyclic) bond motifs is 2. The van der Waals surface area contributed by atoms with Crippen molar-refractivity contribution < 1.29 is 40.6 Å². The molecule has 4 aromatic rings. The second kappa shape index (κ2) is 13.4. The first-order valence-corrected chi connectivity index (χ1v) is 15.2. The number of hydrogen-bond donors (Lipinski definition) is 0. The number of benzene rings is 4. The van der Waals surface area contributed by atoms with Crippen molar-refractivity contribution >= 4 is 21.7 Å².